The minimum absolute atomic E-state index is 0.130. The lowest BCUT2D eigenvalue weighted by Gasteiger charge is -2.16. The number of carboxylic acid groups (broad SMARTS) is 1. The number of methoxy groups -OCH3 is 1. The van der Waals surface area contributed by atoms with E-state index in [0.29, 0.717) is 12.8 Å². The fraction of sp³-hybridized carbons (Fsp3) is 0.500. The summed E-state index contributed by atoms with van der Waals surface area (Å²) in [5, 5.41) is 9.32. The topological polar surface area (TPSA) is 63.6 Å². The van der Waals surface area contributed by atoms with Crippen LogP contribution in [0.5, 0.6) is 5.75 Å². The van der Waals surface area contributed by atoms with Gasteiger partial charge in [-0.3, -0.25) is 9.59 Å². The maximum atomic E-state index is 13.4. The molecule has 0 aliphatic heterocycles. The van der Waals surface area contributed by atoms with Crippen LogP contribution in [-0.2, 0) is 4.79 Å². The zero-order chi connectivity index (χ0) is 15.6. The molecular formula is C16H19FO4. The van der Waals surface area contributed by atoms with Gasteiger partial charge in [-0.1, -0.05) is 13.3 Å². The Morgan fingerprint density at radius 1 is 1.33 bits per heavy atom. The van der Waals surface area contributed by atoms with Crippen molar-refractivity contribution < 1.29 is 23.8 Å². The van der Waals surface area contributed by atoms with E-state index in [2.05, 4.69) is 0 Å². The molecule has 1 aromatic rings. The van der Waals surface area contributed by atoms with Gasteiger partial charge in [-0.2, -0.15) is 0 Å². The number of carbonyl (C=O) groups excluding carboxylic acids is 1. The monoisotopic (exact) mass is 294 g/mol. The second kappa shape index (κ2) is 6.24. The Morgan fingerprint density at radius 3 is 2.57 bits per heavy atom. The fourth-order valence-corrected chi connectivity index (χ4v) is 3.11. The molecule has 0 bridgehead atoms. The van der Waals surface area contributed by atoms with Gasteiger partial charge in [-0.05, 0) is 37.0 Å². The van der Waals surface area contributed by atoms with Gasteiger partial charge >= 0.3 is 5.97 Å². The molecule has 114 valence electrons. The first-order chi connectivity index (χ1) is 9.97. The van der Waals surface area contributed by atoms with Crippen LogP contribution in [0.1, 0.15) is 36.5 Å². The summed E-state index contributed by atoms with van der Waals surface area (Å²) in [6, 6.07) is 3.73. The van der Waals surface area contributed by atoms with Gasteiger partial charge < -0.3 is 9.84 Å². The smallest absolute Gasteiger partial charge is 0.307 e. The lowest BCUT2D eigenvalue weighted by Crippen LogP contribution is -2.25. The van der Waals surface area contributed by atoms with Crippen LogP contribution in [-0.4, -0.2) is 24.0 Å². The summed E-state index contributed by atoms with van der Waals surface area (Å²) >= 11 is 0. The number of carboxylic acids is 1. The lowest BCUT2D eigenvalue weighted by molar-refractivity contribution is -0.142. The van der Waals surface area contributed by atoms with Gasteiger partial charge in [-0.25, -0.2) is 4.39 Å². The highest BCUT2D eigenvalue weighted by atomic mass is 19.1. The summed E-state index contributed by atoms with van der Waals surface area (Å²) in [4.78, 5) is 24.0. The van der Waals surface area contributed by atoms with Crippen molar-refractivity contribution in [2.45, 2.75) is 26.2 Å². The molecular weight excluding hydrogens is 275 g/mol. The molecule has 5 heteroatoms. The van der Waals surface area contributed by atoms with Gasteiger partial charge in [-0.15, -0.1) is 0 Å². The van der Waals surface area contributed by atoms with Gasteiger partial charge in [0.2, 0.25) is 0 Å². The molecule has 1 aromatic carbocycles. The summed E-state index contributed by atoms with van der Waals surface area (Å²) < 4.78 is 18.5. The van der Waals surface area contributed by atoms with E-state index in [1.807, 2.05) is 6.92 Å². The summed E-state index contributed by atoms with van der Waals surface area (Å²) in [5.41, 5.74) is 0.130. The molecule has 0 heterocycles. The first kappa shape index (κ1) is 15.5. The Labute approximate surface area is 122 Å². The van der Waals surface area contributed by atoms with E-state index in [1.165, 1.54) is 19.2 Å². The van der Waals surface area contributed by atoms with Gasteiger partial charge in [0, 0.05) is 5.92 Å². The van der Waals surface area contributed by atoms with E-state index < -0.39 is 23.6 Å². The molecule has 0 aromatic heterocycles. The predicted octanol–water partition coefficient (Wildman–Crippen LogP) is 3.15. The van der Waals surface area contributed by atoms with Crippen LogP contribution in [0, 0.1) is 23.6 Å². The largest absolute Gasteiger partial charge is 0.496 e. The Balaban J connectivity index is 2.34. The summed E-state index contributed by atoms with van der Waals surface area (Å²) in [7, 11) is 1.40. The number of hydrogen-bond acceptors (Lipinski definition) is 3. The van der Waals surface area contributed by atoms with Crippen LogP contribution in [0.25, 0.3) is 0 Å². The number of hydrogen-bond donors (Lipinski definition) is 1. The predicted molar refractivity (Wildman–Crippen MR) is 74.9 cm³/mol. The highest BCUT2D eigenvalue weighted by molar-refractivity contribution is 6.02. The average Bonchev–Trinajstić information content (AvgIpc) is 2.91. The summed E-state index contributed by atoms with van der Waals surface area (Å²) in [5.74, 6) is -2.63. The highest BCUT2D eigenvalue weighted by Gasteiger charge is 2.42. The average molecular weight is 294 g/mol. The van der Waals surface area contributed by atoms with Crippen molar-refractivity contribution in [2.75, 3.05) is 7.11 Å². The number of aliphatic carboxylic acids is 1. The number of Topliss-reactive ketones (excluding diaryl/α,β-unsaturated/α-hetero) is 1. The maximum absolute atomic E-state index is 13.4. The number of ketones is 1. The second-order valence-electron chi connectivity index (χ2n) is 5.51. The van der Waals surface area contributed by atoms with Crippen molar-refractivity contribution in [3.8, 4) is 5.75 Å². The SMILES string of the molecule is CCC1CC(C(=O)O)C(C(=O)c2cc(F)ccc2OC)C1. The van der Waals surface area contributed by atoms with Crippen molar-refractivity contribution in [3.63, 3.8) is 0 Å². The fourth-order valence-electron chi connectivity index (χ4n) is 3.11. The van der Waals surface area contributed by atoms with Crippen LogP contribution in [0.4, 0.5) is 4.39 Å². The third kappa shape index (κ3) is 3.06. The Kier molecular flexibility index (Phi) is 4.60. The highest BCUT2D eigenvalue weighted by Crippen LogP contribution is 2.41. The summed E-state index contributed by atoms with van der Waals surface area (Å²) in [6.45, 7) is 1.99. The van der Waals surface area contributed by atoms with Gasteiger partial charge in [0.25, 0.3) is 0 Å². The van der Waals surface area contributed by atoms with Crippen molar-refractivity contribution >= 4 is 11.8 Å². The van der Waals surface area contributed by atoms with E-state index in [4.69, 9.17) is 4.74 Å². The molecule has 1 aliphatic carbocycles. The van der Waals surface area contributed by atoms with Crippen LogP contribution in [0.3, 0.4) is 0 Å². The standard InChI is InChI=1S/C16H19FO4/c1-3-9-6-11(12(7-9)16(19)20)15(18)13-8-10(17)4-5-14(13)21-2/h4-5,8-9,11-12H,3,6-7H2,1-2H3,(H,19,20). The third-order valence-electron chi connectivity index (χ3n) is 4.32. The molecule has 4 nitrogen and oxygen atoms in total. The van der Waals surface area contributed by atoms with Crippen LogP contribution in [0.15, 0.2) is 18.2 Å². The number of rotatable bonds is 5. The number of ether oxygens (including phenoxy) is 1. The molecule has 21 heavy (non-hydrogen) atoms. The van der Waals surface area contributed by atoms with Crippen LogP contribution < -0.4 is 4.74 Å². The van der Waals surface area contributed by atoms with Crippen molar-refractivity contribution in [1.82, 2.24) is 0 Å². The number of benzene rings is 1. The van der Waals surface area contributed by atoms with Crippen LogP contribution in [0.2, 0.25) is 0 Å². The molecule has 0 amide bonds. The van der Waals surface area contributed by atoms with Gasteiger partial charge in [0.05, 0.1) is 18.6 Å². The molecule has 1 N–H and O–H groups in total. The Bertz CT molecular complexity index is 555. The van der Waals surface area contributed by atoms with Crippen molar-refractivity contribution in [3.05, 3.63) is 29.6 Å². The van der Waals surface area contributed by atoms with Crippen molar-refractivity contribution in [2.24, 2.45) is 17.8 Å². The van der Waals surface area contributed by atoms with E-state index in [-0.39, 0.29) is 23.0 Å². The van der Waals surface area contributed by atoms with E-state index in [9.17, 15) is 19.1 Å². The maximum Gasteiger partial charge on any atom is 0.307 e. The zero-order valence-electron chi connectivity index (χ0n) is 12.1. The molecule has 0 saturated heterocycles. The van der Waals surface area contributed by atoms with Gasteiger partial charge in [0.1, 0.15) is 11.6 Å². The molecule has 1 saturated carbocycles. The lowest BCUT2D eigenvalue weighted by atomic mass is 9.88. The molecule has 3 unspecified atom stereocenters. The Hall–Kier alpha value is -1.91. The summed E-state index contributed by atoms with van der Waals surface area (Å²) in [6.07, 6.45) is 1.87. The molecule has 3 atom stereocenters. The van der Waals surface area contributed by atoms with E-state index >= 15 is 0 Å². The molecule has 1 fully saturated rings. The molecule has 0 radical (unpaired) electrons. The molecule has 0 spiro atoms. The molecule has 2 rings (SSSR count). The minimum Gasteiger partial charge on any atom is -0.496 e. The number of halogens is 1. The normalized spacial score (nSPS) is 24.8. The Morgan fingerprint density at radius 2 is 2.00 bits per heavy atom. The minimum atomic E-state index is -0.959. The van der Waals surface area contributed by atoms with E-state index in [0.717, 1.165) is 12.5 Å². The second-order valence-corrected chi connectivity index (χ2v) is 5.51. The number of carbonyl (C=O) groups is 2. The molecule has 1 aliphatic rings. The quantitative estimate of drug-likeness (QED) is 0.847. The first-order valence-electron chi connectivity index (χ1n) is 7.08. The van der Waals surface area contributed by atoms with Gasteiger partial charge in [0.15, 0.2) is 5.78 Å². The first-order valence-corrected chi connectivity index (χ1v) is 7.08. The van der Waals surface area contributed by atoms with E-state index in [1.54, 1.807) is 0 Å². The zero-order valence-corrected chi connectivity index (χ0v) is 12.1. The third-order valence-corrected chi connectivity index (χ3v) is 4.32. The van der Waals surface area contributed by atoms with Crippen molar-refractivity contribution in [1.29, 1.82) is 0 Å². The van der Waals surface area contributed by atoms with Crippen LogP contribution >= 0.6 is 0 Å².